The largest absolute Gasteiger partial charge is 0.507 e. The van der Waals surface area contributed by atoms with E-state index in [0.717, 1.165) is 44.3 Å². The zero-order chi connectivity index (χ0) is 21.5. The number of phenolic OH excluding ortho intramolecular Hbond substituents is 1. The first kappa shape index (κ1) is 18.9. The quantitative estimate of drug-likeness (QED) is 0.405. The van der Waals surface area contributed by atoms with E-state index in [9.17, 15) is 15.0 Å². The Morgan fingerprint density at radius 3 is 2.42 bits per heavy atom. The lowest BCUT2D eigenvalue weighted by Crippen LogP contribution is -2.03. The van der Waals surface area contributed by atoms with Crippen LogP contribution in [0.3, 0.4) is 0 Å². The minimum atomic E-state index is -0.953. The van der Waals surface area contributed by atoms with Crippen molar-refractivity contribution in [2.75, 3.05) is 0 Å². The topological polar surface area (TPSA) is 75.3 Å². The monoisotopic (exact) mass is 408 g/mol. The van der Waals surface area contributed by atoms with Gasteiger partial charge in [-0.05, 0) is 53.8 Å². The summed E-state index contributed by atoms with van der Waals surface area (Å²) in [7, 11) is 0. The summed E-state index contributed by atoms with van der Waals surface area (Å²) in [5, 5.41) is 21.3. The van der Waals surface area contributed by atoms with Gasteiger partial charge < -0.3 is 14.8 Å². The maximum absolute atomic E-state index is 11.2. The second-order valence-electron chi connectivity index (χ2n) is 7.69. The lowest BCUT2D eigenvalue weighted by Gasteiger charge is -2.13. The van der Waals surface area contributed by atoms with Gasteiger partial charge in [-0.3, -0.25) is 0 Å². The molecule has 0 bridgehead atoms. The summed E-state index contributed by atoms with van der Waals surface area (Å²) in [6, 6.07) is 24.4. The minimum Gasteiger partial charge on any atom is -0.507 e. The molecular weight excluding hydrogens is 388 g/mol. The highest BCUT2D eigenvalue weighted by Gasteiger charge is 2.15. The van der Waals surface area contributed by atoms with Crippen molar-refractivity contribution in [1.29, 1.82) is 0 Å². The molecule has 1 heterocycles. The van der Waals surface area contributed by atoms with Crippen LogP contribution < -0.4 is 0 Å². The molecule has 5 rings (SSSR count). The Bertz CT molecular complexity index is 1450. The summed E-state index contributed by atoms with van der Waals surface area (Å²) < 4.78 is 2.14. The lowest BCUT2D eigenvalue weighted by atomic mass is 10.0. The molecule has 5 aromatic rings. The predicted octanol–water partition coefficient (Wildman–Crippen LogP) is 5.62. The van der Waals surface area contributed by atoms with Crippen LogP contribution in [-0.2, 0) is 6.54 Å². The molecule has 0 unspecified atom stereocenters. The van der Waals surface area contributed by atoms with Crippen molar-refractivity contribution in [3.63, 3.8) is 0 Å². The molecule has 0 aliphatic rings. The van der Waals surface area contributed by atoms with Gasteiger partial charge in [0.1, 0.15) is 11.6 Å². The van der Waals surface area contributed by atoms with E-state index in [1.807, 2.05) is 37.3 Å². The molecule has 0 aliphatic heterocycles. The van der Waals surface area contributed by atoms with Crippen LogP contribution in [0.5, 0.6) is 5.75 Å². The third-order valence-corrected chi connectivity index (χ3v) is 5.61. The number of nitrogens with zero attached hydrogens (tertiary/aromatic N) is 2. The van der Waals surface area contributed by atoms with Gasteiger partial charge >= 0.3 is 5.97 Å². The number of imidazole rings is 1. The van der Waals surface area contributed by atoms with Crippen LogP contribution in [0.25, 0.3) is 33.2 Å². The van der Waals surface area contributed by atoms with E-state index >= 15 is 0 Å². The number of carboxylic acids is 1. The zero-order valence-corrected chi connectivity index (χ0v) is 16.9. The summed E-state index contributed by atoms with van der Waals surface area (Å²) in [6.07, 6.45) is 0. The Morgan fingerprint density at radius 2 is 1.68 bits per heavy atom. The molecule has 0 saturated carbocycles. The smallest absolute Gasteiger partial charge is 0.335 e. The third kappa shape index (κ3) is 3.30. The Labute approximate surface area is 178 Å². The highest BCUT2D eigenvalue weighted by Crippen LogP contribution is 2.31. The number of fused-ring (bicyclic) bond motifs is 2. The molecule has 152 valence electrons. The van der Waals surface area contributed by atoms with Crippen LogP contribution in [0.4, 0.5) is 0 Å². The minimum absolute atomic E-state index is 0.242. The Hall–Kier alpha value is -4.12. The van der Waals surface area contributed by atoms with Gasteiger partial charge in [0.05, 0.1) is 23.1 Å². The summed E-state index contributed by atoms with van der Waals surface area (Å²) in [6.45, 7) is 2.60. The number of phenols is 1. The fraction of sp³-hybridized carbons (Fsp3) is 0.0769. The molecule has 0 amide bonds. The van der Waals surface area contributed by atoms with Gasteiger partial charge in [-0.1, -0.05) is 48.5 Å². The van der Waals surface area contributed by atoms with E-state index in [4.69, 9.17) is 4.98 Å². The van der Waals surface area contributed by atoms with Gasteiger partial charge in [0.25, 0.3) is 0 Å². The molecule has 2 N–H and O–H groups in total. The first-order valence-corrected chi connectivity index (χ1v) is 10.0. The number of carbonyl (C=O) groups is 1. The van der Waals surface area contributed by atoms with Crippen LogP contribution in [0.2, 0.25) is 0 Å². The molecule has 0 spiro atoms. The first-order chi connectivity index (χ1) is 15.0. The maximum Gasteiger partial charge on any atom is 0.335 e. The molecule has 5 heteroatoms. The number of aromatic carboxylic acids is 1. The van der Waals surface area contributed by atoms with E-state index in [1.54, 1.807) is 30.3 Å². The second-order valence-corrected chi connectivity index (χ2v) is 7.69. The SMILES string of the molecule is Cc1ccc2c(c1)nc(-c1ccc(C(=O)O)cc1)n2Cc1ccc(O)c2ccccc12. The summed E-state index contributed by atoms with van der Waals surface area (Å²) in [4.78, 5) is 16.1. The second kappa shape index (κ2) is 7.29. The van der Waals surface area contributed by atoms with Crippen LogP contribution in [0.1, 0.15) is 21.5 Å². The Morgan fingerprint density at radius 1 is 0.935 bits per heavy atom. The van der Waals surface area contributed by atoms with Gasteiger partial charge in [-0.25, -0.2) is 9.78 Å². The van der Waals surface area contributed by atoms with Crippen molar-refractivity contribution in [1.82, 2.24) is 9.55 Å². The van der Waals surface area contributed by atoms with Gasteiger partial charge in [-0.15, -0.1) is 0 Å². The molecular formula is C26H20N2O3. The molecule has 0 aliphatic carbocycles. The van der Waals surface area contributed by atoms with Crippen molar-refractivity contribution in [3.8, 4) is 17.1 Å². The number of rotatable bonds is 4. The fourth-order valence-corrected chi connectivity index (χ4v) is 4.04. The average molecular weight is 408 g/mol. The predicted molar refractivity (Wildman–Crippen MR) is 122 cm³/mol. The average Bonchev–Trinajstić information content (AvgIpc) is 3.13. The molecule has 0 fully saturated rings. The number of aromatic nitrogens is 2. The first-order valence-electron chi connectivity index (χ1n) is 10.0. The van der Waals surface area contributed by atoms with Crippen molar-refractivity contribution < 1.29 is 15.0 Å². The summed E-state index contributed by atoms with van der Waals surface area (Å²) in [5.41, 5.74) is 5.17. The molecule has 1 aromatic heterocycles. The number of hydrogen-bond acceptors (Lipinski definition) is 3. The standard InChI is InChI=1S/C26H20N2O3/c1-16-6-12-23-22(14-16)27-25(17-7-9-18(10-8-17)26(30)31)28(23)15-19-11-13-24(29)21-5-3-2-4-20(19)21/h2-14,29H,15H2,1H3,(H,30,31). The van der Waals surface area contributed by atoms with Crippen molar-refractivity contribution in [2.45, 2.75) is 13.5 Å². The molecule has 5 nitrogen and oxygen atoms in total. The van der Waals surface area contributed by atoms with E-state index < -0.39 is 5.97 Å². The summed E-state index contributed by atoms with van der Waals surface area (Å²) >= 11 is 0. The number of aryl methyl sites for hydroxylation is 1. The number of benzene rings is 4. The van der Waals surface area contributed by atoms with E-state index in [2.05, 4.69) is 22.8 Å². The van der Waals surface area contributed by atoms with Crippen molar-refractivity contribution in [2.24, 2.45) is 0 Å². The molecule has 0 radical (unpaired) electrons. The third-order valence-electron chi connectivity index (χ3n) is 5.61. The summed E-state index contributed by atoms with van der Waals surface area (Å²) in [5.74, 6) is 0.0795. The number of aromatic hydroxyl groups is 1. The lowest BCUT2D eigenvalue weighted by molar-refractivity contribution is 0.0697. The Kier molecular flexibility index (Phi) is 4.44. The van der Waals surface area contributed by atoms with E-state index in [1.165, 1.54) is 0 Å². The molecule has 31 heavy (non-hydrogen) atoms. The van der Waals surface area contributed by atoms with Crippen LogP contribution >= 0.6 is 0 Å². The van der Waals surface area contributed by atoms with Crippen LogP contribution in [0, 0.1) is 6.92 Å². The normalized spacial score (nSPS) is 11.3. The van der Waals surface area contributed by atoms with Crippen LogP contribution in [0.15, 0.2) is 78.9 Å². The van der Waals surface area contributed by atoms with Gasteiger partial charge in [0, 0.05) is 10.9 Å². The van der Waals surface area contributed by atoms with Gasteiger partial charge in [-0.2, -0.15) is 0 Å². The van der Waals surface area contributed by atoms with E-state index in [0.29, 0.717) is 6.54 Å². The number of hydrogen-bond donors (Lipinski definition) is 2. The van der Waals surface area contributed by atoms with Crippen molar-refractivity contribution >= 4 is 27.8 Å². The highest BCUT2D eigenvalue weighted by atomic mass is 16.4. The molecule has 4 aromatic carbocycles. The van der Waals surface area contributed by atoms with E-state index in [-0.39, 0.29) is 11.3 Å². The zero-order valence-electron chi connectivity index (χ0n) is 16.9. The Balaban J connectivity index is 1.70. The molecule has 0 saturated heterocycles. The maximum atomic E-state index is 11.2. The highest BCUT2D eigenvalue weighted by molar-refractivity contribution is 5.91. The van der Waals surface area contributed by atoms with Crippen LogP contribution in [-0.4, -0.2) is 25.7 Å². The van der Waals surface area contributed by atoms with Crippen molar-refractivity contribution in [3.05, 3.63) is 95.6 Å². The fourth-order valence-electron chi connectivity index (χ4n) is 4.04. The number of carboxylic acid groups (broad SMARTS) is 1. The van der Waals surface area contributed by atoms with Gasteiger partial charge in [0.15, 0.2) is 0 Å². The van der Waals surface area contributed by atoms with Gasteiger partial charge in [0.2, 0.25) is 0 Å². The molecule has 0 atom stereocenters.